The van der Waals surface area contributed by atoms with Crippen molar-refractivity contribution in [1.82, 2.24) is 0 Å². The molecule has 1 N–H and O–H groups in total. The summed E-state index contributed by atoms with van der Waals surface area (Å²) >= 11 is 5.53. The van der Waals surface area contributed by atoms with Gasteiger partial charge in [0.15, 0.2) is 0 Å². The lowest BCUT2D eigenvalue weighted by atomic mass is 10.1. The Balaban J connectivity index is 1.83. The van der Waals surface area contributed by atoms with Crippen LogP contribution in [0.2, 0.25) is 5.02 Å². The highest BCUT2D eigenvalue weighted by atomic mass is 35.5. The van der Waals surface area contributed by atoms with Crippen LogP contribution >= 0.6 is 11.6 Å². The van der Waals surface area contributed by atoms with Crippen LogP contribution < -0.4 is 5.32 Å². The fourth-order valence-electron chi connectivity index (χ4n) is 2.74. The van der Waals surface area contributed by atoms with Gasteiger partial charge in [-0.15, -0.1) is 0 Å². The SMILES string of the molecule is N#C/C(=C\c1ccc(-c2cccc(C(F)(F)F)c2)o1)C(=O)Nc1ccc(Cl)c(C(F)(F)F)c1. The minimum atomic E-state index is -4.75. The lowest BCUT2D eigenvalue weighted by molar-refractivity contribution is -0.138. The molecule has 0 atom stereocenters. The van der Waals surface area contributed by atoms with Crippen molar-refractivity contribution in [2.24, 2.45) is 0 Å². The van der Waals surface area contributed by atoms with Crippen molar-refractivity contribution < 1.29 is 35.6 Å². The van der Waals surface area contributed by atoms with E-state index in [0.717, 1.165) is 30.3 Å². The van der Waals surface area contributed by atoms with Gasteiger partial charge in [-0.05, 0) is 42.5 Å². The fourth-order valence-corrected chi connectivity index (χ4v) is 2.97. The van der Waals surface area contributed by atoms with Gasteiger partial charge in [0.2, 0.25) is 0 Å². The minimum absolute atomic E-state index is 0.0267. The van der Waals surface area contributed by atoms with Gasteiger partial charge in [0, 0.05) is 17.3 Å². The molecule has 0 spiro atoms. The number of nitriles is 1. The highest BCUT2D eigenvalue weighted by Crippen LogP contribution is 2.36. The second kappa shape index (κ2) is 9.03. The van der Waals surface area contributed by atoms with Gasteiger partial charge in [0.25, 0.3) is 5.91 Å². The highest BCUT2D eigenvalue weighted by Gasteiger charge is 2.33. The highest BCUT2D eigenvalue weighted by molar-refractivity contribution is 6.31. The smallest absolute Gasteiger partial charge is 0.417 e. The Morgan fingerprint density at radius 1 is 1.00 bits per heavy atom. The molecule has 11 heteroatoms. The summed E-state index contributed by atoms with van der Waals surface area (Å²) in [5.74, 6) is -0.997. The Morgan fingerprint density at radius 2 is 1.73 bits per heavy atom. The maximum atomic E-state index is 13.0. The van der Waals surface area contributed by atoms with Crippen LogP contribution in [0.25, 0.3) is 17.4 Å². The first-order chi connectivity index (χ1) is 15.4. The number of benzene rings is 2. The Labute approximate surface area is 187 Å². The number of hydrogen-bond acceptors (Lipinski definition) is 3. The van der Waals surface area contributed by atoms with Gasteiger partial charge in [0.05, 0.1) is 16.1 Å². The average Bonchev–Trinajstić information content (AvgIpc) is 3.20. The van der Waals surface area contributed by atoms with Gasteiger partial charge >= 0.3 is 12.4 Å². The van der Waals surface area contributed by atoms with Crippen LogP contribution in [0.5, 0.6) is 0 Å². The molecule has 0 aliphatic carbocycles. The summed E-state index contributed by atoms with van der Waals surface area (Å²) < 4.78 is 83.0. The van der Waals surface area contributed by atoms with E-state index in [0.29, 0.717) is 6.07 Å². The van der Waals surface area contributed by atoms with Crippen molar-refractivity contribution in [3.63, 3.8) is 0 Å². The minimum Gasteiger partial charge on any atom is -0.457 e. The number of nitrogens with zero attached hydrogens (tertiary/aromatic N) is 1. The molecule has 1 aromatic heterocycles. The van der Waals surface area contributed by atoms with Gasteiger partial charge in [0.1, 0.15) is 23.2 Å². The molecule has 2 aromatic carbocycles. The summed E-state index contributed by atoms with van der Waals surface area (Å²) in [5.41, 5.74) is -2.69. The lowest BCUT2D eigenvalue weighted by Gasteiger charge is -2.11. The van der Waals surface area contributed by atoms with Crippen molar-refractivity contribution in [2.45, 2.75) is 12.4 Å². The average molecular weight is 485 g/mol. The zero-order valence-electron chi connectivity index (χ0n) is 16.2. The number of carbonyl (C=O) groups excluding carboxylic acids is 1. The number of amides is 1. The maximum Gasteiger partial charge on any atom is 0.417 e. The van der Waals surface area contributed by atoms with Crippen LogP contribution in [-0.2, 0) is 17.1 Å². The van der Waals surface area contributed by atoms with E-state index in [4.69, 9.17) is 16.0 Å². The van der Waals surface area contributed by atoms with Crippen LogP contribution in [0.1, 0.15) is 16.9 Å². The standard InChI is InChI=1S/C22H11ClF6N2O2/c23-18-6-4-15(10-17(18)22(27,28)29)31-20(32)13(11-30)9-16-5-7-19(33-16)12-2-1-3-14(8-12)21(24,25)26/h1-10H,(H,31,32)/b13-9+. The number of furan rings is 1. The topological polar surface area (TPSA) is 66.0 Å². The number of hydrogen-bond donors (Lipinski definition) is 1. The Kier molecular flexibility index (Phi) is 6.56. The Hall–Kier alpha value is -3.71. The van der Waals surface area contributed by atoms with Crippen molar-refractivity contribution in [3.8, 4) is 17.4 Å². The molecular weight excluding hydrogens is 474 g/mol. The molecule has 0 bridgehead atoms. The first-order valence-electron chi connectivity index (χ1n) is 8.96. The number of carbonyl (C=O) groups is 1. The molecule has 1 heterocycles. The second-order valence-corrected chi connectivity index (χ2v) is 7.00. The second-order valence-electron chi connectivity index (χ2n) is 6.60. The molecule has 3 rings (SSSR count). The molecule has 0 aliphatic rings. The molecule has 0 aliphatic heterocycles. The largest absolute Gasteiger partial charge is 0.457 e. The maximum absolute atomic E-state index is 13.0. The van der Waals surface area contributed by atoms with Crippen LogP contribution in [0.3, 0.4) is 0 Å². The van der Waals surface area contributed by atoms with E-state index in [-0.39, 0.29) is 22.8 Å². The molecule has 0 unspecified atom stereocenters. The predicted octanol–water partition coefficient (Wildman–Crippen LogP) is 7.18. The third kappa shape index (κ3) is 5.75. The van der Waals surface area contributed by atoms with E-state index >= 15 is 0 Å². The van der Waals surface area contributed by atoms with Crippen LogP contribution in [0.15, 0.2) is 64.6 Å². The summed E-state index contributed by atoms with van der Waals surface area (Å²) in [6.45, 7) is 0. The summed E-state index contributed by atoms with van der Waals surface area (Å²) in [5, 5.41) is 10.9. The zero-order chi connectivity index (χ0) is 24.4. The van der Waals surface area contributed by atoms with Crippen molar-refractivity contribution in [3.05, 3.63) is 82.1 Å². The number of nitrogens with one attached hydrogen (secondary N) is 1. The van der Waals surface area contributed by atoms with Crippen LogP contribution in [-0.4, -0.2) is 5.91 Å². The lowest BCUT2D eigenvalue weighted by Crippen LogP contribution is -2.14. The Morgan fingerprint density at radius 3 is 2.36 bits per heavy atom. The van der Waals surface area contributed by atoms with Gasteiger partial charge in [-0.1, -0.05) is 23.7 Å². The van der Waals surface area contributed by atoms with Crippen molar-refractivity contribution >= 4 is 29.3 Å². The molecule has 0 fully saturated rings. The molecule has 33 heavy (non-hydrogen) atoms. The van der Waals surface area contributed by atoms with E-state index in [1.165, 1.54) is 24.3 Å². The fraction of sp³-hybridized carbons (Fsp3) is 0.0909. The summed E-state index contributed by atoms with van der Waals surface area (Å²) in [6, 6.07) is 11.3. The Bertz CT molecular complexity index is 1270. The number of rotatable bonds is 4. The predicted molar refractivity (Wildman–Crippen MR) is 108 cm³/mol. The van der Waals surface area contributed by atoms with Gasteiger partial charge in [-0.2, -0.15) is 31.6 Å². The molecule has 0 saturated carbocycles. The van der Waals surface area contributed by atoms with Gasteiger partial charge in [-0.3, -0.25) is 4.79 Å². The first kappa shape index (κ1) is 23.9. The van der Waals surface area contributed by atoms with Crippen molar-refractivity contribution in [2.75, 3.05) is 5.32 Å². The van der Waals surface area contributed by atoms with Gasteiger partial charge in [-0.25, -0.2) is 0 Å². The molecular formula is C22H11ClF6N2O2. The zero-order valence-corrected chi connectivity index (χ0v) is 16.9. The van der Waals surface area contributed by atoms with Crippen molar-refractivity contribution in [1.29, 1.82) is 5.26 Å². The third-order valence-electron chi connectivity index (χ3n) is 4.28. The van der Waals surface area contributed by atoms with Gasteiger partial charge < -0.3 is 9.73 Å². The molecule has 3 aromatic rings. The molecule has 0 saturated heterocycles. The quantitative estimate of drug-likeness (QED) is 0.242. The van der Waals surface area contributed by atoms with E-state index in [1.807, 2.05) is 0 Å². The molecule has 4 nitrogen and oxygen atoms in total. The van der Waals surface area contributed by atoms with Crippen LogP contribution in [0, 0.1) is 11.3 Å². The number of anilines is 1. The number of alkyl halides is 6. The normalized spacial score (nSPS) is 12.4. The first-order valence-corrected chi connectivity index (χ1v) is 9.33. The van der Waals surface area contributed by atoms with Crippen LogP contribution in [0.4, 0.5) is 32.0 Å². The molecule has 1 amide bonds. The summed E-state index contributed by atoms with van der Waals surface area (Å²) in [4.78, 5) is 12.3. The molecule has 0 radical (unpaired) electrons. The molecule has 170 valence electrons. The third-order valence-corrected chi connectivity index (χ3v) is 4.61. The van der Waals surface area contributed by atoms with E-state index < -0.39 is 40.0 Å². The summed E-state index contributed by atoms with van der Waals surface area (Å²) in [7, 11) is 0. The summed E-state index contributed by atoms with van der Waals surface area (Å²) in [6.07, 6.45) is -8.29. The monoisotopic (exact) mass is 484 g/mol. The van der Waals surface area contributed by atoms with E-state index in [2.05, 4.69) is 5.32 Å². The van der Waals surface area contributed by atoms with E-state index in [9.17, 15) is 36.4 Å². The number of halogens is 7. The van der Waals surface area contributed by atoms with E-state index in [1.54, 1.807) is 6.07 Å².